The van der Waals surface area contributed by atoms with E-state index in [0.29, 0.717) is 55.9 Å². The Morgan fingerprint density at radius 1 is 1.00 bits per heavy atom. The standard InChI is InChI=1S/C25H31N3O5S/c1-18-6-3-7-20(14-18)25(30)28-13-11-23(16-28)33-22-9-4-8-21(15-22)26-34(31,32)24-10-5-12-27(17-24)19(2)29/h3-4,6-9,14-15,23-24,26H,5,10-13,16-17H2,1-2H3/t23-,24?/m0/s1. The van der Waals surface area contributed by atoms with Crippen molar-refractivity contribution in [1.82, 2.24) is 9.80 Å². The number of anilines is 1. The molecule has 2 aromatic rings. The lowest BCUT2D eigenvalue weighted by atomic mass is 10.1. The highest BCUT2D eigenvalue weighted by Crippen LogP contribution is 2.25. The monoisotopic (exact) mass is 485 g/mol. The van der Waals surface area contributed by atoms with Crippen LogP contribution in [0, 0.1) is 6.92 Å². The van der Waals surface area contributed by atoms with Crippen molar-refractivity contribution in [2.75, 3.05) is 30.9 Å². The van der Waals surface area contributed by atoms with Crippen molar-refractivity contribution in [3.8, 4) is 5.75 Å². The van der Waals surface area contributed by atoms with Crippen molar-refractivity contribution in [2.24, 2.45) is 0 Å². The Balaban J connectivity index is 1.36. The third-order valence-electron chi connectivity index (χ3n) is 6.36. The van der Waals surface area contributed by atoms with Gasteiger partial charge in [-0.05, 0) is 44.0 Å². The number of nitrogens with zero attached hydrogens (tertiary/aromatic N) is 2. The van der Waals surface area contributed by atoms with Crippen LogP contribution in [0.25, 0.3) is 0 Å². The molecule has 0 aliphatic carbocycles. The first-order valence-electron chi connectivity index (χ1n) is 11.6. The molecular formula is C25H31N3O5S. The highest BCUT2D eigenvalue weighted by Gasteiger charge is 2.32. The molecule has 0 aromatic heterocycles. The van der Waals surface area contributed by atoms with E-state index in [9.17, 15) is 18.0 Å². The summed E-state index contributed by atoms with van der Waals surface area (Å²) >= 11 is 0. The predicted octanol–water partition coefficient (Wildman–Crippen LogP) is 3.04. The van der Waals surface area contributed by atoms with E-state index in [4.69, 9.17) is 4.74 Å². The van der Waals surface area contributed by atoms with Crippen LogP contribution >= 0.6 is 0 Å². The van der Waals surface area contributed by atoms with Gasteiger partial charge >= 0.3 is 0 Å². The van der Waals surface area contributed by atoms with Gasteiger partial charge in [0.05, 0.1) is 17.5 Å². The summed E-state index contributed by atoms with van der Waals surface area (Å²) in [5.74, 6) is 0.425. The van der Waals surface area contributed by atoms with Crippen LogP contribution in [-0.2, 0) is 14.8 Å². The minimum atomic E-state index is -3.65. The number of aryl methyl sites for hydroxylation is 1. The molecule has 2 saturated heterocycles. The van der Waals surface area contributed by atoms with Gasteiger partial charge in [0, 0.05) is 44.6 Å². The van der Waals surface area contributed by atoms with Gasteiger partial charge in [0.25, 0.3) is 5.91 Å². The largest absolute Gasteiger partial charge is 0.488 e. The van der Waals surface area contributed by atoms with Gasteiger partial charge in [0.2, 0.25) is 15.9 Å². The first-order valence-corrected chi connectivity index (χ1v) is 13.2. The second-order valence-corrected chi connectivity index (χ2v) is 11.0. The fraction of sp³-hybridized carbons (Fsp3) is 0.440. The molecule has 2 fully saturated rings. The van der Waals surface area contributed by atoms with E-state index in [-0.39, 0.29) is 24.5 Å². The molecule has 0 spiro atoms. The summed E-state index contributed by atoms with van der Waals surface area (Å²) in [6, 6.07) is 14.4. The first kappa shape index (κ1) is 24.1. The van der Waals surface area contributed by atoms with Gasteiger partial charge in [0.1, 0.15) is 11.9 Å². The third-order valence-corrected chi connectivity index (χ3v) is 8.14. The maximum absolute atomic E-state index is 12.9. The Morgan fingerprint density at radius 2 is 1.79 bits per heavy atom. The molecule has 1 N–H and O–H groups in total. The summed E-state index contributed by atoms with van der Waals surface area (Å²) in [5.41, 5.74) is 2.13. The number of ether oxygens (including phenoxy) is 1. The molecule has 2 heterocycles. The van der Waals surface area contributed by atoms with Gasteiger partial charge < -0.3 is 14.5 Å². The number of hydrogen-bond donors (Lipinski definition) is 1. The molecule has 34 heavy (non-hydrogen) atoms. The summed E-state index contributed by atoms with van der Waals surface area (Å²) in [6.07, 6.45) is 1.72. The highest BCUT2D eigenvalue weighted by atomic mass is 32.2. The Labute approximate surface area is 200 Å². The predicted molar refractivity (Wildman–Crippen MR) is 130 cm³/mol. The van der Waals surface area contributed by atoms with E-state index in [1.54, 1.807) is 34.1 Å². The molecular weight excluding hydrogens is 454 g/mol. The molecule has 2 atom stereocenters. The lowest BCUT2D eigenvalue weighted by Gasteiger charge is -2.31. The Hall–Kier alpha value is -3.07. The van der Waals surface area contributed by atoms with Crippen LogP contribution in [0.5, 0.6) is 5.75 Å². The minimum Gasteiger partial charge on any atom is -0.488 e. The molecule has 2 aliphatic rings. The van der Waals surface area contributed by atoms with Crippen LogP contribution in [0.3, 0.4) is 0 Å². The molecule has 1 unspecified atom stereocenters. The molecule has 9 heteroatoms. The van der Waals surface area contributed by atoms with Crippen LogP contribution in [0.15, 0.2) is 48.5 Å². The van der Waals surface area contributed by atoms with Crippen molar-refractivity contribution >= 4 is 27.5 Å². The van der Waals surface area contributed by atoms with E-state index in [1.165, 1.54) is 6.92 Å². The van der Waals surface area contributed by atoms with E-state index < -0.39 is 15.3 Å². The van der Waals surface area contributed by atoms with Crippen molar-refractivity contribution in [3.05, 3.63) is 59.7 Å². The van der Waals surface area contributed by atoms with Crippen LogP contribution in [0.4, 0.5) is 5.69 Å². The number of carbonyl (C=O) groups excluding carboxylic acids is 2. The highest BCUT2D eigenvalue weighted by molar-refractivity contribution is 7.93. The van der Waals surface area contributed by atoms with Crippen LogP contribution in [-0.4, -0.2) is 67.6 Å². The molecule has 0 saturated carbocycles. The van der Waals surface area contributed by atoms with Crippen molar-refractivity contribution in [2.45, 2.75) is 44.5 Å². The first-order chi connectivity index (χ1) is 16.2. The van der Waals surface area contributed by atoms with Gasteiger partial charge in [-0.1, -0.05) is 23.8 Å². The Morgan fingerprint density at radius 3 is 2.56 bits per heavy atom. The van der Waals surface area contributed by atoms with E-state index >= 15 is 0 Å². The lowest BCUT2D eigenvalue weighted by Crippen LogP contribution is -2.45. The fourth-order valence-corrected chi connectivity index (χ4v) is 6.00. The summed E-state index contributed by atoms with van der Waals surface area (Å²) < 4.78 is 34.6. The zero-order chi connectivity index (χ0) is 24.3. The zero-order valence-corrected chi connectivity index (χ0v) is 20.4. The number of sulfonamides is 1. The number of benzene rings is 2. The molecule has 2 amide bonds. The summed E-state index contributed by atoms with van der Waals surface area (Å²) in [4.78, 5) is 27.8. The van der Waals surface area contributed by atoms with Gasteiger partial charge in [0.15, 0.2) is 0 Å². The summed E-state index contributed by atoms with van der Waals surface area (Å²) in [5, 5.41) is -0.647. The van der Waals surface area contributed by atoms with Crippen molar-refractivity contribution in [1.29, 1.82) is 0 Å². The molecule has 2 aromatic carbocycles. The maximum atomic E-state index is 12.9. The Bertz CT molecular complexity index is 1170. The summed E-state index contributed by atoms with van der Waals surface area (Å²) in [6.45, 7) is 5.30. The molecule has 0 bridgehead atoms. The molecule has 4 rings (SSSR count). The molecule has 2 aliphatic heterocycles. The van der Waals surface area contributed by atoms with E-state index in [0.717, 1.165) is 5.56 Å². The topological polar surface area (TPSA) is 96.0 Å². The molecule has 8 nitrogen and oxygen atoms in total. The molecule has 182 valence electrons. The quantitative estimate of drug-likeness (QED) is 0.679. The van der Waals surface area contributed by atoms with Gasteiger partial charge in [-0.15, -0.1) is 0 Å². The number of hydrogen-bond acceptors (Lipinski definition) is 5. The maximum Gasteiger partial charge on any atom is 0.253 e. The number of rotatable bonds is 6. The lowest BCUT2D eigenvalue weighted by molar-refractivity contribution is -0.129. The zero-order valence-electron chi connectivity index (χ0n) is 19.6. The Kier molecular flexibility index (Phi) is 7.11. The fourth-order valence-electron chi connectivity index (χ4n) is 4.52. The van der Waals surface area contributed by atoms with Crippen LogP contribution in [0.1, 0.15) is 42.1 Å². The van der Waals surface area contributed by atoms with E-state index in [2.05, 4.69) is 4.72 Å². The smallest absolute Gasteiger partial charge is 0.253 e. The van der Waals surface area contributed by atoms with Crippen molar-refractivity contribution < 1.29 is 22.7 Å². The number of piperidine rings is 1. The third kappa shape index (κ3) is 5.70. The number of likely N-dealkylation sites (tertiary alicyclic amines) is 2. The van der Waals surface area contributed by atoms with Gasteiger partial charge in [-0.25, -0.2) is 8.42 Å². The van der Waals surface area contributed by atoms with E-state index in [1.807, 2.05) is 31.2 Å². The average molecular weight is 486 g/mol. The SMILES string of the molecule is CC(=O)N1CCCC(S(=O)(=O)Nc2cccc(O[C@H]3CCN(C(=O)c4cccc(C)c4)C3)c2)C1. The number of amides is 2. The molecule has 0 radical (unpaired) electrons. The second kappa shape index (κ2) is 10.0. The van der Waals surface area contributed by atoms with Crippen LogP contribution < -0.4 is 9.46 Å². The second-order valence-electron chi connectivity index (χ2n) is 9.05. The van der Waals surface area contributed by atoms with Crippen molar-refractivity contribution in [3.63, 3.8) is 0 Å². The summed E-state index contributed by atoms with van der Waals surface area (Å²) in [7, 11) is -3.65. The van der Waals surface area contributed by atoms with Gasteiger partial charge in [-0.2, -0.15) is 0 Å². The average Bonchev–Trinajstić information content (AvgIpc) is 3.27. The van der Waals surface area contributed by atoms with Crippen LogP contribution in [0.2, 0.25) is 0 Å². The number of nitrogens with one attached hydrogen (secondary N) is 1. The van der Waals surface area contributed by atoms with Gasteiger partial charge in [-0.3, -0.25) is 14.3 Å². The number of carbonyl (C=O) groups is 2. The normalized spacial score (nSPS) is 20.8. The minimum absolute atomic E-state index is 0.0107.